The molecule has 3 heterocycles. The van der Waals surface area contributed by atoms with Crippen molar-refractivity contribution in [3.8, 4) is 17.2 Å². The number of methoxy groups -OCH3 is 1. The standard InChI is InChI=1S/C27H36N4O7/c1-4-10-31(38-11-5-2)24(32)15-30-14-20(18-12-22(35-3)26-23(13-18)36-17-37-26)25(27(33)34)21(30)7-6-19-8-9-28-16-29-19/h8-9,12-13,16,20-21,25H,4-7,10-11,14-15,17H2,1-3H3,(H,33,34). The molecular weight excluding hydrogens is 492 g/mol. The number of rotatable bonds is 13. The predicted octanol–water partition coefficient (Wildman–Crippen LogP) is 2.90. The fraction of sp³-hybridized carbons (Fsp3) is 0.556. The number of ether oxygens (including phenoxy) is 3. The van der Waals surface area contributed by atoms with E-state index in [2.05, 4.69) is 9.97 Å². The first-order chi connectivity index (χ1) is 18.5. The van der Waals surface area contributed by atoms with Crippen molar-refractivity contribution in [2.45, 2.75) is 51.5 Å². The van der Waals surface area contributed by atoms with Gasteiger partial charge in [0.15, 0.2) is 11.5 Å². The van der Waals surface area contributed by atoms with E-state index >= 15 is 0 Å². The van der Waals surface area contributed by atoms with Crippen molar-refractivity contribution in [2.24, 2.45) is 5.92 Å². The van der Waals surface area contributed by atoms with Gasteiger partial charge in [-0.25, -0.2) is 15.0 Å². The van der Waals surface area contributed by atoms with Gasteiger partial charge in [-0.1, -0.05) is 13.8 Å². The van der Waals surface area contributed by atoms with Crippen molar-refractivity contribution in [1.82, 2.24) is 19.9 Å². The van der Waals surface area contributed by atoms with Crippen molar-refractivity contribution < 1.29 is 33.7 Å². The van der Waals surface area contributed by atoms with E-state index in [-0.39, 0.29) is 19.2 Å². The summed E-state index contributed by atoms with van der Waals surface area (Å²) in [4.78, 5) is 42.0. The molecule has 1 fully saturated rings. The molecule has 11 nitrogen and oxygen atoms in total. The summed E-state index contributed by atoms with van der Waals surface area (Å²) in [6, 6.07) is 5.06. The summed E-state index contributed by atoms with van der Waals surface area (Å²) in [5, 5.41) is 11.8. The predicted molar refractivity (Wildman–Crippen MR) is 137 cm³/mol. The maximum absolute atomic E-state index is 13.3. The number of carboxylic acids is 1. The number of carbonyl (C=O) groups excluding carboxylic acids is 1. The number of nitrogens with zero attached hydrogens (tertiary/aromatic N) is 4. The zero-order valence-electron chi connectivity index (χ0n) is 22.2. The third kappa shape index (κ3) is 6.16. The first-order valence-electron chi connectivity index (χ1n) is 13.1. The Morgan fingerprint density at radius 2 is 2.08 bits per heavy atom. The zero-order chi connectivity index (χ0) is 27.1. The van der Waals surface area contributed by atoms with Crippen molar-refractivity contribution in [3.05, 3.63) is 42.0 Å². The Hall–Kier alpha value is -3.44. The Morgan fingerprint density at radius 3 is 2.76 bits per heavy atom. The number of hydrogen-bond donors (Lipinski definition) is 1. The summed E-state index contributed by atoms with van der Waals surface area (Å²) in [6.07, 6.45) is 5.77. The lowest BCUT2D eigenvalue weighted by Gasteiger charge is -2.29. The summed E-state index contributed by atoms with van der Waals surface area (Å²) in [6.45, 7) is 5.41. The maximum atomic E-state index is 13.3. The largest absolute Gasteiger partial charge is 0.493 e. The van der Waals surface area contributed by atoms with E-state index in [9.17, 15) is 14.7 Å². The zero-order valence-corrected chi connectivity index (χ0v) is 22.2. The first-order valence-corrected chi connectivity index (χ1v) is 13.1. The Balaban J connectivity index is 1.64. The van der Waals surface area contributed by atoms with Gasteiger partial charge in [-0.3, -0.25) is 19.3 Å². The van der Waals surface area contributed by atoms with Crippen molar-refractivity contribution in [1.29, 1.82) is 0 Å². The topological polar surface area (TPSA) is 124 Å². The van der Waals surface area contributed by atoms with E-state index < -0.39 is 23.8 Å². The Bertz CT molecular complexity index is 1100. The van der Waals surface area contributed by atoms with Crippen LogP contribution < -0.4 is 14.2 Å². The van der Waals surface area contributed by atoms with E-state index in [1.54, 1.807) is 13.3 Å². The second-order valence-corrected chi connectivity index (χ2v) is 9.49. The fourth-order valence-corrected chi connectivity index (χ4v) is 5.23. The van der Waals surface area contributed by atoms with Crippen LogP contribution in [0.15, 0.2) is 30.7 Å². The highest BCUT2D eigenvalue weighted by molar-refractivity contribution is 5.78. The Morgan fingerprint density at radius 1 is 1.24 bits per heavy atom. The fourth-order valence-electron chi connectivity index (χ4n) is 5.23. The molecule has 2 aliphatic rings. The van der Waals surface area contributed by atoms with Gasteiger partial charge in [-0.15, -0.1) is 0 Å². The van der Waals surface area contributed by atoms with Crippen molar-refractivity contribution >= 4 is 11.9 Å². The number of benzene rings is 1. The van der Waals surface area contributed by atoms with E-state index in [0.29, 0.717) is 49.8 Å². The lowest BCUT2D eigenvalue weighted by atomic mass is 9.83. The summed E-state index contributed by atoms with van der Waals surface area (Å²) >= 11 is 0. The molecule has 2 aromatic rings. The smallest absolute Gasteiger partial charge is 0.308 e. The Labute approximate surface area is 222 Å². The van der Waals surface area contributed by atoms with E-state index in [4.69, 9.17) is 19.0 Å². The minimum Gasteiger partial charge on any atom is -0.493 e. The number of hydrogen-bond acceptors (Lipinski definition) is 9. The van der Waals surface area contributed by atoms with Gasteiger partial charge in [0, 0.05) is 36.9 Å². The molecule has 38 heavy (non-hydrogen) atoms. The molecule has 1 N–H and O–H groups in total. The molecule has 0 spiro atoms. The SMILES string of the molecule is CCCON(CCC)C(=O)CN1CC(c2cc(OC)c3c(c2)OCO3)C(C(=O)O)C1CCc1ccncn1. The van der Waals surface area contributed by atoms with Crippen LogP contribution in [-0.4, -0.2) is 83.1 Å². The van der Waals surface area contributed by atoms with Crippen LogP contribution in [-0.2, 0) is 20.8 Å². The molecule has 206 valence electrons. The summed E-state index contributed by atoms with van der Waals surface area (Å²) in [7, 11) is 1.54. The monoisotopic (exact) mass is 528 g/mol. The minimum absolute atomic E-state index is 0.0557. The molecule has 4 rings (SSSR count). The quantitative estimate of drug-likeness (QED) is 0.388. The van der Waals surface area contributed by atoms with Gasteiger partial charge in [-0.2, -0.15) is 0 Å². The van der Waals surface area contributed by atoms with Gasteiger partial charge < -0.3 is 19.3 Å². The van der Waals surface area contributed by atoms with Crippen LogP contribution in [0.3, 0.4) is 0 Å². The van der Waals surface area contributed by atoms with Gasteiger partial charge in [0.1, 0.15) is 6.33 Å². The average molecular weight is 529 g/mol. The van der Waals surface area contributed by atoms with Crippen LogP contribution in [0.2, 0.25) is 0 Å². The number of likely N-dealkylation sites (tertiary alicyclic amines) is 1. The maximum Gasteiger partial charge on any atom is 0.308 e. The summed E-state index contributed by atoms with van der Waals surface area (Å²) in [5.74, 6) is -0.717. The normalized spacial score (nSPS) is 20.4. The van der Waals surface area contributed by atoms with Crippen molar-refractivity contribution in [2.75, 3.05) is 40.1 Å². The van der Waals surface area contributed by atoms with Crippen LogP contribution in [0.4, 0.5) is 0 Å². The molecule has 3 unspecified atom stereocenters. The second-order valence-electron chi connectivity index (χ2n) is 9.49. The Kier molecular flexibility index (Phi) is 9.35. The third-order valence-electron chi connectivity index (χ3n) is 6.98. The highest BCUT2D eigenvalue weighted by Crippen LogP contribution is 2.47. The molecule has 1 aromatic carbocycles. The van der Waals surface area contributed by atoms with Gasteiger partial charge in [0.05, 0.1) is 26.2 Å². The molecule has 1 aromatic heterocycles. The summed E-state index contributed by atoms with van der Waals surface area (Å²) < 4.78 is 16.6. The highest BCUT2D eigenvalue weighted by atomic mass is 16.7. The molecule has 1 amide bonds. The number of aliphatic carboxylic acids is 1. The third-order valence-corrected chi connectivity index (χ3v) is 6.98. The average Bonchev–Trinajstić information content (AvgIpc) is 3.54. The van der Waals surface area contributed by atoms with Crippen LogP contribution in [0.5, 0.6) is 17.2 Å². The molecule has 0 bridgehead atoms. The molecule has 11 heteroatoms. The minimum atomic E-state index is -0.915. The number of fused-ring (bicyclic) bond motifs is 1. The lowest BCUT2D eigenvalue weighted by molar-refractivity contribution is -0.188. The number of hydroxylamine groups is 2. The molecule has 0 aliphatic carbocycles. The highest BCUT2D eigenvalue weighted by Gasteiger charge is 2.47. The number of aryl methyl sites for hydroxylation is 1. The molecule has 3 atom stereocenters. The molecule has 1 saturated heterocycles. The van der Waals surface area contributed by atoms with Crippen molar-refractivity contribution in [3.63, 3.8) is 0 Å². The van der Waals surface area contributed by atoms with Crippen LogP contribution in [0, 0.1) is 5.92 Å². The molecule has 0 radical (unpaired) electrons. The number of carbonyl (C=O) groups is 2. The number of aromatic nitrogens is 2. The molecule has 0 saturated carbocycles. The van der Waals surface area contributed by atoms with Gasteiger partial charge in [0.2, 0.25) is 12.5 Å². The van der Waals surface area contributed by atoms with E-state index in [1.807, 2.05) is 36.9 Å². The lowest BCUT2D eigenvalue weighted by Crippen LogP contribution is -2.44. The van der Waals surface area contributed by atoms with Crippen LogP contribution in [0.1, 0.15) is 50.3 Å². The van der Waals surface area contributed by atoms with Crippen LogP contribution in [0.25, 0.3) is 0 Å². The van der Waals surface area contributed by atoms with E-state index in [0.717, 1.165) is 24.1 Å². The summed E-state index contributed by atoms with van der Waals surface area (Å²) in [5.41, 5.74) is 1.59. The molecule has 2 aliphatic heterocycles. The van der Waals surface area contributed by atoms with Gasteiger partial charge in [-0.05, 0) is 49.4 Å². The van der Waals surface area contributed by atoms with Gasteiger partial charge >= 0.3 is 5.97 Å². The van der Waals surface area contributed by atoms with Gasteiger partial charge in [0.25, 0.3) is 5.91 Å². The first kappa shape index (κ1) is 27.6. The number of carboxylic acid groups (broad SMARTS) is 1. The molecular formula is C27H36N4O7. The van der Waals surface area contributed by atoms with Crippen LogP contribution >= 0.6 is 0 Å². The number of amides is 1. The second kappa shape index (κ2) is 12.9. The van der Waals surface area contributed by atoms with E-state index in [1.165, 1.54) is 11.4 Å².